The van der Waals surface area contributed by atoms with Crippen LogP contribution in [0.15, 0.2) is 48.5 Å². The Balaban J connectivity index is 1.93. The molecule has 0 bridgehead atoms. The standard InChI is InChI=1S/C19H20N2O6/c1-13(27-18(22)11-8-14-6-4-3-5-7-14)19(23)20-16-10-9-15(26-2)12-17(16)21(24)25/h3-7,9-10,12-13H,8,11H2,1-2H3,(H,20,23). The molecule has 0 saturated heterocycles. The van der Waals surface area contributed by atoms with Gasteiger partial charge in [-0.3, -0.25) is 19.7 Å². The van der Waals surface area contributed by atoms with Gasteiger partial charge in [-0.15, -0.1) is 0 Å². The van der Waals surface area contributed by atoms with Crippen LogP contribution in [0.2, 0.25) is 0 Å². The second-order valence-corrected chi connectivity index (χ2v) is 5.75. The largest absolute Gasteiger partial charge is 0.496 e. The first-order chi connectivity index (χ1) is 12.9. The number of esters is 1. The summed E-state index contributed by atoms with van der Waals surface area (Å²) in [4.78, 5) is 34.6. The summed E-state index contributed by atoms with van der Waals surface area (Å²) in [6.07, 6.45) is -0.461. The number of carbonyl (C=O) groups is 2. The number of nitro benzene ring substituents is 1. The zero-order valence-corrected chi connectivity index (χ0v) is 15.0. The number of hydrogen-bond acceptors (Lipinski definition) is 6. The Labute approximate surface area is 156 Å². The summed E-state index contributed by atoms with van der Waals surface area (Å²) >= 11 is 0. The average molecular weight is 372 g/mol. The molecular formula is C19H20N2O6. The van der Waals surface area contributed by atoms with E-state index in [1.165, 1.54) is 32.2 Å². The van der Waals surface area contributed by atoms with Crippen molar-refractivity contribution in [2.45, 2.75) is 25.9 Å². The van der Waals surface area contributed by atoms with Crippen LogP contribution in [-0.2, 0) is 20.7 Å². The topological polar surface area (TPSA) is 108 Å². The van der Waals surface area contributed by atoms with Crippen LogP contribution in [-0.4, -0.2) is 30.0 Å². The summed E-state index contributed by atoms with van der Waals surface area (Å²) in [6.45, 7) is 1.41. The molecule has 0 aliphatic carbocycles. The van der Waals surface area contributed by atoms with Crippen LogP contribution in [0.5, 0.6) is 5.75 Å². The van der Waals surface area contributed by atoms with Gasteiger partial charge < -0.3 is 14.8 Å². The molecule has 2 aromatic carbocycles. The number of carbonyl (C=O) groups excluding carboxylic acids is 2. The molecule has 1 atom stereocenters. The number of nitrogens with zero attached hydrogens (tertiary/aromatic N) is 1. The van der Waals surface area contributed by atoms with Crippen LogP contribution in [0.1, 0.15) is 18.9 Å². The number of ether oxygens (including phenoxy) is 2. The van der Waals surface area contributed by atoms with Gasteiger partial charge in [0.15, 0.2) is 6.10 Å². The molecule has 1 N–H and O–H groups in total. The molecule has 0 saturated carbocycles. The molecule has 27 heavy (non-hydrogen) atoms. The molecule has 2 rings (SSSR count). The fourth-order valence-electron chi connectivity index (χ4n) is 2.33. The summed E-state index contributed by atoms with van der Waals surface area (Å²) in [6, 6.07) is 13.5. The zero-order valence-electron chi connectivity index (χ0n) is 15.0. The third-order valence-electron chi connectivity index (χ3n) is 3.80. The second-order valence-electron chi connectivity index (χ2n) is 5.75. The van der Waals surface area contributed by atoms with E-state index in [0.717, 1.165) is 5.56 Å². The molecule has 8 heteroatoms. The lowest BCUT2D eigenvalue weighted by Gasteiger charge is -2.14. The number of hydrogen-bond donors (Lipinski definition) is 1. The van der Waals surface area contributed by atoms with Crippen LogP contribution in [0.4, 0.5) is 11.4 Å². The van der Waals surface area contributed by atoms with Crippen molar-refractivity contribution in [3.05, 3.63) is 64.2 Å². The minimum Gasteiger partial charge on any atom is -0.496 e. The lowest BCUT2D eigenvalue weighted by Crippen LogP contribution is -2.30. The Hall–Kier alpha value is -3.42. The Morgan fingerprint density at radius 1 is 1.19 bits per heavy atom. The van der Waals surface area contributed by atoms with Crippen molar-refractivity contribution in [1.82, 2.24) is 0 Å². The summed E-state index contributed by atoms with van der Waals surface area (Å²) in [5, 5.41) is 13.6. The molecule has 0 spiro atoms. The first-order valence-electron chi connectivity index (χ1n) is 8.27. The van der Waals surface area contributed by atoms with E-state index < -0.39 is 22.9 Å². The molecule has 142 valence electrons. The average Bonchev–Trinajstić information content (AvgIpc) is 2.67. The molecule has 0 aliphatic heterocycles. The summed E-state index contributed by atoms with van der Waals surface area (Å²) < 4.78 is 10.0. The van der Waals surface area contributed by atoms with Crippen molar-refractivity contribution in [2.75, 3.05) is 12.4 Å². The fourth-order valence-corrected chi connectivity index (χ4v) is 2.33. The number of nitrogens with one attached hydrogen (secondary N) is 1. The monoisotopic (exact) mass is 372 g/mol. The molecule has 1 unspecified atom stereocenters. The highest BCUT2D eigenvalue weighted by Gasteiger charge is 2.22. The van der Waals surface area contributed by atoms with Crippen LogP contribution in [0.3, 0.4) is 0 Å². The van der Waals surface area contributed by atoms with Gasteiger partial charge in [-0.25, -0.2) is 0 Å². The molecular weight excluding hydrogens is 352 g/mol. The van der Waals surface area contributed by atoms with Crippen molar-refractivity contribution >= 4 is 23.3 Å². The third kappa shape index (κ3) is 5.81. The minimum atomic E-state index is -1.09. The maximum Gasteiger partial charge on any atom is 0.306 e. The Kier molecular flexibility index (Phi) is 6.87. The minimum absolute atomic E-state index is 0.00187. The maximum atomic E-state index is 12.2. The molecule has 1 amide bonds. The van der Waals surface area contributed by atoms with Gasteiger partial charge in [-0.05, 0) is 31.0 Å². The van der Waals surface area contributed by atoms with Crippen LogP contribution >= 0.6 is 0 Å². The first kappa shape index (κ1) is 19.9. The van der Waals surface area contributed by atoms with Crippen LogP contribution in [0.25, 0.3) is 0 Å². The van der Waals surface area contributed by atoms with E-state index in [-0.39, 0.29) is 17.8 Å². The Bertz CT molecular complexity index is 822. The molecule has 0 heterocycles. The number of amides is 1. The molecule has 0 aliphatic rings. The smallest absolute Gasteiger partial charge is 0.306 e. The maximum absolute atomic E-state index is 12.2. The Morgan fingerprint density at radius 3 is 2.52 bits per heavy atom. The van der Waals surface area contributed by atoms with E-state index in [9.17, 15) is 19.7 Å². The predicted molar refractivity (Wildman–Crippen MR) is 98.6 cm³/mol. The van der Waals surface area contributed by atoms with Crippen molar-refractivity contribution in [3.8, 4) is 5.75 Å². The SMILES string of the molecule is COc1ccc(NC(=O)C(C)OC(=O)CCc2ccccc2)c([N+](=O)[O-])c1. The van der Waals surface area contributed by atoms with Gasteiger partial charge in [-0.2, -0.15) is 0 Å². The summed E-state index contributed by atoms with van der Waals surface area (Å²) in [5.74, 6) is -0.887. The lowest BCUT2D eigenvalue weighted by molar-refractivity contribution is -0.384. The highest BCUT2D eigenvalue weighted by atomic mass is 16.6. The summed E-state index contributed by atoms with van der Waals surface area (Å²) in [5.41, 5.74) is 0.670. The van der Waals surface area contributed by atoms with Crippen LogP contribution < -0.4 is 10.1 Å². The van der Waals surface area contributed by atoms with Gasteiger partial charge in [0.05, 0.1) is 18.1 Å². The van der Waals surface area contributed by atoms with Gasteiger partial charge in [0, 0.05) is 6.42 Å². The quantitative estimate of drug-likeness (QED) is 0.433. The van der Waals surface area contributed by atoms with Gasteiger partial charge in [0.1, 0.15) is 11.4 Å². The molecule has 0 radical (unpaired) electrons. The summed E-state index contributed by atoms with van der Waals surface area (Å²) in [7, 11) is 1.38. The number of rotatable bonds is 8. The van der Waals surface area contributed by atoms with Gasteiger partial charge in [0.2, 0.25) is 0 Å². The van der Waals surface area contributed by atoms with Gasteiger partial charge >= 0.3 is 5.97 Å². The normalized spacial score (nSPS) is 11.3. The predicted octanol–water partition coefficient (Wildman–Crippen LogP) is 3.11. The highest BCUT2D eigenvalue weighted by Crippen LogP contribution is 2.29. The van der Waals surface area contributed by atoms with Crippen molar-refractivity contribution in [3.63, 3.8) is 0 Å². The number of methoxy groups -OCH3 is 1. The molecule has 0 aromatic heterocycles. The van der Waals surface area contributed by atoms with Gasteiger partial charge in [0.25, 0.3) is 11.6 Å². The first-order valence-corrected chi connectivity index (χ1v) is 8.27. The number of nitro groups is 1. The van der Waals surface area contributed by atoms with E-state index in [0.29, 0.717) is 12.2 Å². The zero-order chi connectivity index (χ0) is 19.8. The third-order valence-corrected chi connectivity index (χ3v) is 3.80. The highest BCUT2D eigenvalue weighted by molar-refractivity contribution is 5.97. The van der Waals surface area contributed by atoms with E-state index in [1.54, 1.807) is 0 Å². The Morgan fingerprint density at radius 2 is 1.89 bits per heavy atom. The van der Waals surface area contributed by atoms with E-state index in [4.69, 9.17) is 9.47 Å². The fraction of sp³-hybridized carbons (Fsp3) is 0.263. The van der Waals surface area contributed by atoms with E-state index >= 15 is 0 Å². The van der Waals surface area contributed by atoms with Crippen molar-refractivity contribution < 1.29 is 24.0 Å². The molecule has 2 aromatic rings. The van der Waals surface area contributed by atoms with E-state index in [1.807, 2.05) is 30.3 Å². The molecule has 8 nitrogen and oxygen atoms in total. The van der Waals surface area contributed by atoms with Crippen LogP contribution in [0, 0.1) is 10.1 Å². The molecule has 0 fully saturated rings. The van der Waals surface area contributed by atoms with Crippen molar-refractivity contribution in [1.29, 1.82) is 0 Å². The van der Waals surface area contributed by atoms with E-state index in [2.05, 4.69) is 5.32 Å². The van der Waals surface area contributed by atoms with Crippen molar-refractivity contribution in [2.24, 2.45) is 0 Å². The van der Waals surface area contributed by atoms with Gasteiger partial charge in [-0.1, -0.05) is 30.3 Å². The second kappa shape index (κ2) is 9.33. The number of anilines is 1. The number of aryl methyl sites for hydroxylation is 1. The lowest BCUT2D eigenvalue weighted by atomic mass is 10.1. The number of benzene rings is 2.